The van der Waals surface area contributed by atoms with Crippen LogP contribution in [0.15, 0.2) is 72.8 Å². The lowest BCUT2D eigenvalue weighted by Gasteiger charge is -2.09. The highest BCUT2D eigenvalue weighted by Gasteiger charge is 2.09. The van der Waals surface area contributed by atoms with E-state index in [0.29, 0.717) is 31.9 Å². The van der Waals surface area contributed by atoms with Gasteiger partial charge >= 0.3 is 5.97 Å². The van der Waals surface area contributed by atoms with Gasteiger partial charge in [-0.25, -0.2) is 4.79 Å². The molecule has 0 saturated carbocycles. The lowest BCUT2D eigenvalue weighted by atomic mass is 10.1. The molecule has 0 unspecified atom stereocenters. The topological polar surface area (TPSA) is 52.6 Å². The molecular weight excluding hydrogens is 459 g/mol. The van der Waals surface area contributed by atoms with Gasteiger partial charge in [0.25, 0.3) is 0 Å². The maximum Gasteiger partial charge on any atom is 0.331 e. The molecular formula is C24H17Cl3O4. The summed E-state index contributed by atoms with van der Waals surface area (Å²) >= 11 is 18.1. The fourth-order valence-electron chi connectivity index (χ4n) is 2.57. The van der Waals surface area contributed by atoms with Gasteiger partial charge in [0.05, 0.1) is 0 Å². The number of esters is 1. The van der Waals surface area contributed by atoms with E-state index in [-0.39, 0.29) is 19.0 Å². The Labute approximate surface area is 195 Å². The highest BCUT2D eigenvalue weighted by Crippen LogP contribution is 2.26. The zero-order valence-corrected chi connectivity index (χ0v) is 18.5. The molecule has 0 saturated heterocycles. The summed E-state index contributed by atoms with van der Waals surface area (Å²) in [7, 11) is 0. The van der Waals surface area contributed by atoms with Gasteiger partial charge in [-0.3, -0.25) is 4.79 Å². The Balaban J connectivity index is 1.49. The molecule has 0 N–H and O–H groups in total. The normalized spacial score (nSPS) is 10.8. The van der Waals surface area contributed by atoms with E-state index in [9.17, 15) is 9.59 Å². The minimum atomic E-state index is -0.615. The predicted molar refractivity (Wildman–Crippen MR) is 123 cm³/mol. The van der Waals surface area contributed by atoms with E-state index in [4.69, 9.17) is 44.3 Å². The molecule has 3 aromatic carbocycles. The van der Waals surface area contributed by atoms with E-state index in [2.05, 4.69) is 0 Å². The van der Waals surface area contributed by atoms with Crippen molar-refractivity contribution in [2.24, 2.45) is 0 Å². The van der Waals surface area contributed by atoms with Crippen molar-refractivity contribution in [3.05, 3.63) is 105 Å². The van der Waals surface area contributed by atoms with Crippen LogP contribution in [-0.4, -0.2) is 18.4 Å². The van der Waals surface area contributed by atoms with E-state index in [1.807, 2.05) is 0 Å². The molecule has 0 aliphatic rings. The molecule has 158 valence electrons. The van der Waals surface area contributed by atoms with Gasteiger partial charge < -0.3 is 9.47 Å². The molecule has 0 aromatic heterocycles. The number of carbonyl (C=O) groups is 2. The van der Waals surface area contributed by atoms with Crippen LogP contribution in [0.25, 0.3) is 6.08 Å². The lowest BCUT2D eigenvalue weighted by Crippen LogP contribution is -2.12. The van der Waals surface area contributed by atoms with Crippen molar-refractivity contribution < 1.29 is 19.1 Å². The van der Waals surface area contributed by atoms with Gasteiger partial charge in [-0.05, 0) is 60.2 Å². The number of hydrogen-bond donors (Lipinski definition) is 0. The van der Waals surface area contributed by atoms with Gasteiger partial charge in [-0.1, -0.05) is 53.0 Å². The highest BCUT2D eigenvalue weighted by atomic mass is 35.5. The number of benzene rings is 3. The fourth-order valence-corrected chi connectivity index (χ4v) is 3.20. The number of Topliss-reactive ketones (excluding diaryl/α,β-unsaturated/α-hetero) is 1. The van der Waals surface area contributed by atoms with Crippen molar-refractivity contribution in [1.82, 2.24) is 0 Å². The van der Waals surface area contributed by atoms with Crippen LogP contribution in [0, 0.1) is 0 Å². The molecule has 0 atom stereocenters. The fraction of sp³-hybridized carbons (Fsp3) is 0.0833. The molecule has 31 heavy (non-hydrogen) atoms. The minimum Gasteiger partial charge on any atom is -0.489 e. The molecule has 3 aromatic rings. The molecule has 3 rings (SSSR count). The predicted octanol–water partition coefficient (Wildman–Crippen LogP) is 6.67. The van der Waals surface area contributed by atoms with Crippen molar-refractivity contribution in [2.75, 3.05) is 6.61 Å². The van der Waals surface area contributed by atoms with Crippen LogP contribution in [0.1, 0.15) is 21.5 Å². The molecule has 0 spiro atoms. The van der Waals surface area contributed by atoms with Gasteiger partial charge in [0.1, 0.15) is 12.4 Å². The van der Waals surface area contributed by atoms with Crippen molar-refractivity contribution in [3.63, 3.8) is 0 Å². The summed E-state index contributed by atoms with van der Waals surface area (Å²) < 4.78 is 10.7. The molecule has 0 fully saturated rings. The summed E-state index contributed by atoms with van der Waals surface area (Å²) in [6, 6.07) is 18.7. The second-order valence-electron chi connectivity index (χ2n) is 6.43. The van der Waals surface area contributed by atoms with Gasteiger partial charge in [-0.2, -0.15) is 0 Å². The Morgan fingerprint density at radius 1 is 0.839 bits per heavy atom. The van der Waals surface area contributed by atoms with E-state index in [1.165, 1.54) is 6.08 Å². The van der Waals surface area contributed by atoms with Crippen LogP contribution in [0.3, 0.4) is 0 Å². The number of halogens is 3. The quantitative estimate of drug-likeness (QED) is 0.207. The maximum atomic E-state index is 12.0. The minimum absolute atomic E-state index is 0.238. The molecule has 7 heteroatoms. The molecule has 4 nitrogen and oxygen atoms in total. The Kier molecular flexibility index (Phi) is 8.13. The smallest absolute Gasteiger partial charge is 0.331 e. The molecule has 0 aliphatic carbocycles. The molecule has 0 radical (unpaired) electrons. The molecule has 0 bridgehead atoms. The summed E-state index contributed by atoms with van der Waals surface area (Å²) in [6.45, 7) is -0.107. The van der Waals surface area contributed by atoms with Crippen LogP contribution in [0.4, 0.5) is 0 Å². The van der Waals surface area contributed by atoms with Gasteiger partial charge in [-0.15, -0.1) is 0 Å². The SMILES string of the molecule is O=C(C=Cc1ccc(OCc2c(Cl)cccc2Cl)cc1)OCC(=O)c1ccc(Cl)cc1. The third-order valence-electron chi connectivity index (χ3n) is 4.25. The van der Waals surface area contributed by atoms with Crippen LogP contribution in [0.5, 0.6) is 5.75 Å². The Bertz CT molecular complexity index is 1070. The molecule has 0 aliphatic heterocycles. The standard InChI is InChI=1S/C24H17Cl3O4/c25-18-9-7-17(8-10-18)23(28)15-31-24(29)13-6-16-4-11-19(12-5-16)30-14-20-21(26)2-1-3-22(20)27/h1-13H,14-15H2. The Morgan fingerprint density at radius 2 is 1.48 bits per heavy atom. The highest BCUT2D eigenvalue weighted by molar-refractivity contribution is 6.36. The van der Waals surface area contributed by atoms with Gasteiger partial charge in [0.15, 0.2) is 12.4 Å². The number of ketones is 1. The summed E-state index contributed by atoms with van der Waals surface area (Å²) in [5.74, 6) is -0.293. The summed E-state index contributed by atoms with van der Waals surface area (Å²) in [5, 5.41) is 1.61. The largest absolute Gasteiger partial charge is 0.489 e. The monoisotopic (exact) mass is 474 g/mol. The molecule has 0 heterocycles. The first-order chi connectivity index (χ1) is 14.9. The lowest BCUT2D eigenvalue weighted by molar-refractivity contribution is -0.136. The van der Waals surface area contributed by atoms with E-state index in [0.717, 1.165) is 5.56 Å². The summed E-state index contributed by atoms with van der Waals surface area (Å²) in [5.41, 5.74) is 1.91. The maximum absolute atomic E-state index is 12.0. The van der Waals surface area contributed by atoms with E-state index in [1.54, 1.807) is 72.8 Å². The second-order valence-corrected chi connectivity index (χ2v) is 7.68. The van der Waals surface area contributed by atoms with Crippen LogP contribution >= 0.6 is 34.8 Å². The van der Waals surface area contributed by atoms with E-state index >= 15 is 0 Å². The van der Waals surface area contributed by atoms with Crippen molar-refractivity contribution in [3.8, 4) is 5.75 Å². The number of ether oxygens (including phenoxy) is 2. The first kappa shape index (κ1) is 22.9. The third-order valence-corrected chi connectivity index (χ3v) is 5.21. The number of rotatable bonds is 8. The first-order valence-corrected chi connectivity index (χ1v) is 10.3. The third kappa shape index (κ3) is 6.86. The molecule has 0 amide bonds. The zero-order valence-electron chi connectivity index (χ0n) is 16.2. The Morgan fingerprint density at radius 3 is 2.13 bits per heavy atom. The summed E-state index contributed by atoms with van der Waals surface area (Å²) in [6.07, 6.45) is 2.85. The first-order valence-electron chi connectivity index (χ1n) is 9.22. The van der Waals surface area contributed by atoms with Gasteiger partial charge in [0.2, 0.25) is 0 Å². The van der Waals surface area contributed by atoms with Crippen molar-refractivity contribution in [1.29, 1.82) is 0 Å². The Hall–Kier alpha value is -2.79. The van der Waals surface area contributed by atoms with Crippen LogP contribution in [-0.2, 0) is 16.1 Å². The number of hydrogen-bond acceptors (Lipinski definition) is 4. The van der Waals surface area contributed by atoms with Crippen molar-refractivity contribution >= 4 is 52.6 Å². The van der Waals surface area contributed by atoms with Crippen LogP contribution in [0.2, 0.25) is 15.1 Å². The van der Waals surface area contributed by atoms with Crippen molar-refractivity contribution in [2.45, 2.75) is 6.61 Å². The van der Waals surface area contributed by atoms with Gasteiger partial charge in [0, 0.05) is 32.3 Å². The van der Waals surface area contributed by atoms with Crippen LogP contribution < -0.4 is 4.74 Å². The average molecular weight is 476 g/mol. The number of carbonyl (C=O) groups excluding carboxylic acids is 2. The van der Waals surface area contributed by atoms with E-state index < -0.39 is 5.97 Å². The zero-order chi connectivity index (χ0) is 22.2. The second kappa shape index (κ2) is 11.0. The summed E-state index contributed by atoms with van der Waals surface area (Å²) in [4.78, 5) is 23.9. The average Bonchev–Trinajstić information content (AvgIpc) is 2.77.